The number of sulfonamides is 1. The third-order valence-corrected chi connectivity index (χ3v) is 7.95. The number of aromatic nitrogens is 3. The fourth-order valence-electron chi connectivity index (χ4n) is 4.02. The van der Waals surface area contributed by atoms with E-state index in [-0.39, 0.29) is 16.5 Å². The van der Waals surface area contributed by atoms with Crippen LogP contribution in [0.2, 0.25) is 0 Å². The van der Waals surface area contributed by atoms with E-state index in [0.29, 0.717) is 43.4 Å². The molecule has 2 aromatic carbocycles. The van der Waals surface area contributed by atoms with Crippen LogP contribution in [-0.2, 0) is 17.1 Å². The molecule has 11 heteroatoms. The highest BCUT2D eigenvalue weighted by Crippen LogP contribution is 2.26. The number of oxazole rings is 1. The Bertz CT molecular complexity index is 1450. The summed E-state index contributed by atoms with van der Waals surface area (Å²) in [6.07, 6.45) is 0. The Labute approximate surface area is 190 Å². The highest BCUT2D eigenvalue weighted by atomic mass is 32.2. The second-order valence-electron chi connectivity index (χ2n) is 7.99. The summed E-state index contributed by atoms with van der Waals surface area (Å²) in [5.41, 5.74) is 1.68. The van der Waals surface area contributed by atoms with Gasteiger partial charge in [0, 0.05) is 44.9 Å². The molecule has 2 aromatic heterocycles. The maximum absolute atomic E-state index is 13.2. The van der Waals surface area contributed by atoms with E-state index < -0.39 is 15.8 Å². The third kappa shape index (κ3) is 3.88. The molecule has 0 spiro atoms. The molecule has 0 aliphatic carbocycles. The Balaban J connectivity index is 1.28. The minimum Gasteiger partial charge on any atom is -0.408 e. The van der Waals surface area contributed by atoms with E-state index in [4.69, 9.17) is 8.94 Å². The molecule has 0 bridgehead atoms. The van der Waals surface area contributed by atoms with E-state index >= 15 is 0 Å². The van der Waals surface area contributed by atoms with Gasteiger partial charge in [0.15, 0.2) is 5.58 Å². The summed E-state index contributed by atoms with van der Waals surface area (Å²) in [5.74, 6) is 0.495. The Morgan fingerprint density at radius 3 is 2.48 bits per heavy atom. The molecule has 1 aliphatic heterocycles. The molecule has 5 rings (SSSR count). The highest BCUT2D eigenvalue weighted by Gasteiger charge is 2.32. The van der Waals surface area contributed by atoms with Crippen molar-refractivity contribution >= 4 is 21.1 Å². The van der Waals surface area contributed by atoms with Crippen LogP contribution in [0.15, 0.2) is 67.2 Å². The van der Waals surface area contributed by atoms with Gasteiger partial charge in [-0.1, -0.05) is 35.5 Å². The topological polar surface area (TPSA) is 115 Å². The largest absolute Gasteiger partial charge is 0.419 e. The minimum absolute atomic E-state index is 0.107. The molecule has 10 nitrogen and oxygen atoms in total. The van der Waals surface area contributed by atoms with Crippen LogP contribution < -0.4 is 5.76 Å². The molecule has 33 heavy (non-hydrogen) atoms. The molecule has 0 radical (unpaired) electrons. The van der Waals surface area contributed by atoms with Gasteiger partial charge in [0.05, 0.1) is 16.5 Å². The van der Waals surface area contributed by atoms with Gasteiger partial charge in [-0.15, -0.1) is 0 Å². The van der Waals surface area contributed by atoms with Crippen molar-refractivity contribution in [3.8, 4) is 11.4 Å². The number of fused-ring (bicyclic) bond motifs is 1. The molecule has 0 amide bonds. The summed E-state index contributed by atoms with van der Waals surface area (Å²) in [6.45, 7) is 3.66. The average Bonchev–Trinajstić information content (AvgIpc) is 3.44. The van der Waals surface area contributed by atoms with Gasteiger partial charge in [0.1, 0.15) is 0 Å². The van der Waals surface area contributed by atoms with E-state index in [1.54, 1.807) is 13.1 Å². The molecule has 1 atom stereocenters. The monoisotopic (exact) mass is 469 g/mol. The van der Waals surface area contributed by atoms with E-state index in [0.717, 1.165) is 5.56 Å². The summed E-state index contributed by atoms with van der Waals surface area (Å²) in [5, 5.41) is 4.08. The van der Waals surface area contributed by atoms with E-state index in [2.05, 4.69) is 15.0 Å². The van der Waals surface area contributed by atoms with Crippen LogP contribution in [-0.4, -0.2) is 58.5 Å². The second kappa shape index (κ2) is 8.25. The Morgan fingerprint density at radius 1 is 1.03 bits per heavy atom. The number of hydrogen-bond donors (Lipinski definition) is 0. The van der Waals surface area contributed by atoms with Crippen LogP contribution in [0.1, 0.15) is 18.9 Å². The van der Waals surface area contributed by atoms with Crippen molar-refractivity contribution < 1.29 is 17.4 Å². The number of nitrogens with zero attached hydrogens (tertiary/aromatic N) is 5. The average molecular weight is 470 g/mol. The van der Waals surface area contributed by atoms with Gasteiger partial charge in [-0.2, -0.15) is 9.29 Å². The standard InChI is InChI=1S/C22H23N5O5S/c1-15(21-23-20(24-32-21)16-6-4-3-5-7-16)26-10-12-27(13-11-26)33(29,30)17-8-9-18-19(14-17)31-22(28)25(18)2/h3-9,14-15H,10-13H2,1-2H3. The summed E-state index contributed by atoms with van der Waals surface area (Å²) >= 11 is 0. The third-order valence-electron chi connectivity index (χ3n) is 6.05. The fourth-order valence-corrected chi connectivity index (χ4v) is 5.46. The molecule has 1 saturated heterocycles. The first-order valence-electron chi connectivity index (χ1n) is 10.6. The first kappa shape index (κ1) is 21.6. The van der Waals surface area contributed by atoms with Crippen LogP contribution in [0.4, 0.5) is 0 Å². The Kier molecular flexibility index (Phi) is 5.39. The number of piperazine rings is 1. The second-order valence-corrected chi connectivity index (χ2v) is 9.93. The summed E-state index contributed by atoms with van der Waals surface area (Å²) in [7, 11) is -2.14. The van der Waals surface area contributed by atoms with E-state index in [1.807, 2.05) is 37.3 Å². The van der Waals surface area contributed by atoms with Crippen molar-refractivity contribution in [2.45, 2.75) is 17.9 Å². The van der Waals surface area contributed by atoms with Crippen LogP contribution >= 0.6 is 0 Å². The van der Waals surface area contributed by atoms with Gasteiger partial charge in [0.2, 0.25) is 21.7 Å². The number of hydrogen-bond acceptors (Lipinski definition) is 8. The maximum Gasteiger partial charge on any atom is 0.419 e. The fraction of sp³-hybridized carbons (Fsp3) is 0.318. The lowest BCUT2D eigenvalue weighted by Crippen LogP contribution is -2.49. The first-order valence-corrected chi connectivity index (χ1v) is 12.0. The zero-order chi connectivity index (χ0) is 23.2. The lowest BCUT2D eigenvalue weighted by Gasteiger charge is -2.36. The normalized spacial score (nSPS) is 16.9. The van der Waals surface area contributed by atoms with Gasteiger partial charge in [0.25, 0.3) is 0 Å². The first-order chi connectivity index (χ1) is 15.8. The van der Waals surface area contributed by atoms with Crippen molar-refractivity contribution in [3.05, 3.63) is 65.0 Å². The number of rotatable bonds is 5. The van der Waals surface area contributed by atoms with Crippen molar-refractivity contribution in [2.24, 2.45) is 7.05 Å². The maximum atomic E-state index is 13.2. The predicted molar refractivity (Wildman–Crippen MR) is 120 cm³/mol. The molecule has 1 fully saturated rings. The van der Waals surface area contributed by atoms with Gasteiger partial charge >= 0.3 is 5.76 Å². The van der Waals surface area contributed by atoms with Gasteiger partial charge < -0.3 is 8.94 Å². The van der Waals surface area contributed by atoms with E-state index in [9.17, 15) is 13.2 Å². The SMILES string of the molecule is CC(c1nc(-c2ccccc2)no1)N1CCN(S(=O)(=O)c2ccc3c(c2)oc(=O)n3C)CC1. The molecule has 0 saturated carbocycles. The van der Waals surface area contributed by atoms with Crippen molar-refractivity contribution in [3.63, 3.8) is 0 Å². The molecule has 172 valence electrons. The van der Waals surface area contributed by atoms with Gasteiger partial charge in [-0.05, 0) is 19.1 Å². The zero-order valence-corrected chi connectivity index (χ0v) is 19.0. The summed E-state index contributed by atoms with van der Waals surface area (Å²) in [4.78, 5) is 18.5. The van der Waals surface area contributed by atoms with Crippen LogP contribution in [0.25, 0.3) is 22.5 Å². The molecular weight excluding hydrogens is 446 g/mol. The Hall–Kier alpha value is -3.28. The van der Waals surface area contributed by atoms with Crippen LogP contribution in [0.5, 0.6) is 0 Å². The quantitative estimate of drug-likeness (QED) is 0.437. The van der Waals surface area contributed by atoms with Crippen molar-refractivity contribution in [1.82, 2.24) is 23.9 Å². The summed E-state index contributed by atoms with van der Waals surface area (Å²) in [6, 6.07) is 13.9. The Morgan fingerprint density at radius 2 is 1.76 bits per heavy atom. The van der Waals surface area contributed by atoms with E-state index in [1.165, 1.54) is 21.0 Å². The lowest BCUT2D eigenvalue weighted by atomic mass is 10.2. The van der Waals surface area contributed by atoms with Crippen LogP contribution in [0.3, 0.4) is 0 Å². The molecule has 0 N–H and O–H groups in total. The number of benzene rings is 2. The van der Waals surface area contributed by atoms with Crippen molar-refractivity contribution in [2.75, 3.05) is 26.2 Å². The molecule has 3 heterocycles. The molecule has 1 unspecified atom stereocenters. The minimum atomic E-state index is -3.72. The molecular formula is C22H23N5O5S. The van der Waals surface area contributed by atoms with Gasteiger partial charge in [-0.3, -0.25) is 9.47 Å². The predicted octanol–water partition coefficient (Wildman–Crippen LogP) is 2.25. The van der Waals surface area contributed by atoms with Crippen molar-refractivity contribution in [1.29, 1.82) is 0 Å². The molecule has 4 aromatic rings. The smallest absolute Gasteiger partial charge is 0.408 e. The van der Waals surface area contributed by atoms with Gasteiger partial charge in [-0.25, -0.2) is 13.2 Å². The molecule has 1 aliphatic rings. The number of aryl methyl sites for hydroxylation is 1. The summed E-state index contributed by atoms with van der Waals surface area (Å²) < 4.78 is 39.7. The highest BCUT2D eigenvalue weighted by molar-refractivity contribution is 7.89. The lowest BCUT2D eigenvalue weighted by molar-refractivity contribution is 0.124. The zero-order valence-electron chi connectivity index (χ0n) is 18.2. The van der Waals surface area contributed by atoms with Crippen LogP contribution in [0, 0.1) is 0 Å².